The largest absolute Gasteiger partial charge is 0.385 e. The molecule has 4 aromatic rings. The number of fused-ring (bicyclic) bond motifs is 1. The minimum atomic E-state index is -0.930. The van der Waals surface area contributed by atoms with Crippen LogP contribution in [0.25, 0.3) is 16.6 Å². The Labute approximate surface area is 233 Å². The van der Waals surface area contributed by atoms with Crippen LogP contribution in [0.5, 0.6) is 0 Å². The van der Waals surface area contributed by atoms with Gasteiger partial charge in [0, 0.05) is 49.5 Å². The van der Waals surface area contributed by atoms with Crippen molar-refractivity contribution in [1.29, 1.82) is 0 Å². The van der Waals surface area contributed by atoms with Crippen molar-refractivity contribution in [1.82, 2.24) is 29.7 Å². The number of aromatic nitrogens is 5. The van der Waals surface area contributed by atoms with Crippen LogP contribution in [0, 0.1) is 0 Å². The van der Waals surface area contributed by atoms with Gasteiger partial charge in [0.05, 0.1) is 23.1 Å². The predicted molar refractivity (Wildman–Crippen MR) is 145 cm³/mol. The third kappa shape index (κ3) is 5.58. The summed E-state index contributed by atoms with van der Waals surface area (Å²) in [6.45, 7) is -0.397. The molecule has 1 saturated heterocycles. The lowest BCUT2D eigenvalue weighted by molar-refractivity contribution is -0.144. The monoisotopic (exact) mass is 570 g/mol. The molecule has 3 heterocycles. The highest BCUT2D eigenvalue weighted by Gasteiger charge is 2.38. The summed E-state index contributed by atoms with van der Waals surface area (Å²) < 4.78 is 8.27. The summed E-state index contributed by atoms with van der Waals surface area (Å²) in [4.78, 5) is 42.8. The van der Waals surface area contributed by atoms with Gasteiger partial charge in [0.2, 0.25) is 17.7 Å². The van der Waals surface area contributed by atoms with Crippen molar-refractivity contribution >= 4 is 63.2 Å². The SMILES string of the molecule is COCCC(C(=O)Nc1ccc2nn(C)cc2c1)N1CC(=O)N(c2cc(Cl)ccc2-n2cc(Cl)nn2)CC1=O. The number of ether oxygens (including phenoxy) is 1. The summed E-state index contributed by atoms with van der Waals surface area (Å²) in [6, 6.07) is 9.26. The zero-order chi connectivity index (χ0) is 27.7. The maximum absolute atomic E-state index is 13.4. The molecule has 1 aliphatic heterocycles. The van der Waals surface area contributed by atoms with Crippen molar-refractivity contribution in [2.24, 2.45) is 7.05 Å². The van der Waals surface area contributed by atoms with Gasteiger partial charge in [-0.1, -0.05) is 28.4 Å². The molecule has 1 aliphatic rings. The Morgan fingerprint density at radius 1 is 1.08 bits per heavy atom. The van der Waals surface area contributed by atoms with E-state index >= 15 is 0 Å². The topological polar surface area (TPSA) is 127 Å². The number of hydrogen-bond acceptors (Lipinski definition) is 7. The first-order chi connectivity index (χ1) is 18.7. The average Bonchev–Trinajstić information content (AvgIpc) is 3.50. The zero-order valence-electron chi connectivity index (χ0n) is 21.0. The number of amides is 3. The summed E-state index contributed by atoms with van der Waals surface area (Å²) in [6.07, 6.45) is 3.52. The molecule has 0 radical (unpaired) electrons. The van der Waals surface area contributed by atoms with Crippen molar-refractivity contribution in [3.63, 3.8) is 0 Å². The Morgan fingerprint density at radius 3 is 2.64 bits per heavy atom. The standard InChI is InChI=1S/C25H24Cl2N8O4/c1-32-11-15-9-17(4-5-18(15)30-32)28-25(38)20(7-8-39-2)33-13-24(37)34(14-23(33)36)21-10-16(26)3-6-19(21)35-12-22(27)29-31-35/h3-6,9-12,20H,7-8,13-14H2,1-2H3,(H,28,38). The summed E-state index contributed by atoms with van der Waals surface area (Å²) in [5.74, 6) is -1.22. The highest BCUT2D eigenvalue weighted by Crippen LogP contribution is 2.30. The fraction of sp³-hybridized carbons (Fsp3) is 0.280. The highest BCUT2D eigenvalue weighted by atomic mass is 35.5. The molecule has 1 fully saturated rings. The first-order valence-electron chi connectivity index (χ1n) is 11.9. The molecule has 2 aromatic carbocycles. The van der Waals surface area contributed by atoms with Crippen LogP contribution < -0.4 is 10.2 Å². The number of aryl methyl sites for hydroxylation is 1. The number of piperazine rings is 1. The fourth-order valence-corrected chi connectivity index (χ4v) is 4.81. The quantitative estimate of drug-likeness (QED) is 0.345. The Morgan fingerprint density at radius 2 is 1.90 bits per heavy atom. The minimum absolute atomic E-state index is 0.165. The maximum Gasteiger partial charge on any atom is 0.247 e. The van der Waals surface area contributed by atoms with Gasteiger partial charge in [-0.25, -0.2) is 4.68 Å². The van der Waals surface area contributed by atoms with Gasteiger partial charge in [-0.15, -0.1) is 5.10 Å². The maximum atomic E-state index is 13.4. The van der Waals surface area contributed by atoms with Gasteiger partial charge in [0.15, 0.2) is 5.15 Å². The second-order valence-corrected chi connectivity index (χ2v) is 9.81. The van der Waals surface area contributed by atoms with Gasteiger partial charge in [0.25, 0.3) is 0 Å². The number of rotatable bonds is 8. The highest BCUT2D eigenvalue weighted by molar-refractivity contribution is 6.31. The number of carbonyl (C=O) groups is 3. The molecular formula is C25H24Cl2N8O4. The number of carbonyl (C=O) groups excluding carboxylic acids is 3. The number of benzene rings is 2. The molecule has 2 aromatic heterocycles. The Bertz CT molecular complexity index is 1570. The van der Waals surface area contributed by atoms with Crippen LogP contribution in [0.4, 0.5) is 11.4 Å². The molecule has 1 unspecified atom stereocenters. The first kappa shape index (κ1) is 26.6. The summed E-state index contributed by atoms with van der Waals surface area (Å²) in [5, 5.41) is 16.3. The minimum Gasteiger partial charge on any atom is -0.385 e. The zero-order valence-corrected chi connectivity index (χ0v) is 22.6. The van der Waals surface area contributed by atoms with Crippen molar-refractivity contribution in [2.45, 2.75) is 12.5 Å². The number of nitrogens with zero attached hydrogens (tertiary/aromatic N) is 7. The van der Waals surface area contributed by atoms with Gasteiger partial charge in [-0.2, -0.15) is 5.10 Å². The molecule has 1 atom stereocenters. The van der Waals surface area contributed by atoms with Gasteiger partial charge in [-0.3, -0.25) is 24.0 Å². The van der Waals surface area contributed by atoms with Gasteiger partial charge in [0.1, 0.15) is 19.1 Å². The Hall–Kier alpha value is -4.00. The molecule has 0 spiro atoms. The van der Waals surface area contributed by atoms with Crippen molar-refractivity contribution in [3.05, 3.63) is 59.0 Å². The second-order valence-electron chi connectivity index (χ2n) is 8.98. The van der Waals surface area contributed by atoms with E-state index in [4.69, 9.17) is 27.9 Å². The summed E-state index contributed by atoms with van der Waals surface area (Å²) >= 11 is 12.2. The van der Waals surface area contributed by atoms with Crippen LogP contribution in [-0.2, 0) is 26.2 Å². The lowest BCUT2D eigenvalue weighted by Gasteiger charge is -2.38. The number of anilines is 2. The molecule has 12 nitrogen and oxygen atoms in total. The molecule has 39 heavy (non-hydrogen) atoms. The Kier molecular flexibility index (Phi) is 7.51. The molecule has 0 aliphatic carbocycles. The van der Waals surface area contributed by atoms with Crippen LogP contribution in [0.15, 0.2) is 48.8 Å². The summed E-state index contributed by atoms with van der Waals surface area (Å²) in [5.41, 5.74) is 2.17. The van der Waals surface area contributed by atoms with E-state index in [1.807, 2.05) is 13.2 Å². The lowest BCUT2D eigenvalue weighted by atomic mass is 10.1. The fourth-order valence-electron chi connectivity index (χ4n) is 4.52. The summed E-state index contributed by atoms with van der Waals surface area (Å²) in [7, 11) is 3.32. The third-order valence-electron chi connectivity index (χ3n) is 6.32. The molecule has 0 saturated carbocycles. The van der Waals surface area contributed by atoms with E-state index in [9.17, 15) is 14.4 Å². The number of nitrogens with one attached hydrogen (secondary N) is 1. The Balaban J connectivity index is 1.38. The number of halogens is 2. The average molecular weight is 571 g/mol. The molecular weight excluding hydrogens is 547 g/mol. The van der Waals surface area contributed by atoms with E-state index in [-0.39, 0.29) is 31.3 Å². The van der Waals surface area contributed by atoms with Crippen molar-refractivity contribution in [2.75, 3.05) is 37.0 Å². The van der Waals surface area contributed by atoms with Crippen LogP contribution in [0.2, 0.25) is 10.2 Å². The molecule has 3 amide bonds. The molecule has 1 N–H and O–H groups in total. The van der Waals surface area contributed by atoms with E-state index in [0.29, 0.717) is 22.1 Å². The molecule has 0 bridgehead atoms. The first-order valence-corrected chi connectivity index (χ1v) is 12.7. The number of methoxy groups -OCH3 is 1. The van der Waals surface area contributed by atoms with E-state index in [1.165, 1.54) is 27.8 Å². The number of hydrogen-bond donors (Lipinski definition) is 1. The van der Waals surface area contributed by atoms with Crippen LogP contribution >= 0.6 is 23.2 Å². The van der Waals surface area contributed by atoms with Gasteiger partial charge < -0.3 is 15.0 Å². The van der Waals surface area contributed by atoms with Crippen molar-refractivity contribution < 1.29 is 19.1 Å². The normalized spacial score (nSPS) is 14.8. The van der Waals surface area contributed by atoms with Gasteiger partial charge >= 0.3 is 0 Å². The van der Waals surface area contributed by atoms with Crippen molar-refractivity contribution in [3.8, 4) is 5.69 Å². The van der Waals surface area contributed by atoms with Crippen LogP contribution in [0.3, 0.4) is 0 Å². The smallest absolute Gasteiger partial charge is 0.247 e. The second kappa shape index (κ2) is 11.0. The van der Waals surface area contributed by atoms with E-state index in [2.05, 4.69) is 20.7 Å². The van der Waals surface area contributed by atoms with Crippen LogP contribution in [0.1, 0.15) is 6.42 Å². The lowest BCUT2D eigenvalue weighted by Crippen LogP contribution is -2.59. The van der Waals surface area contributed by atoms with Crippen LogP contribution in [-0.4, -0.2) is 80.2 Å². The third-order valence-corrected chi connectivity index (χ3v) is 6.73. The predicted octanol–water partition coefficient (Wildman–Crippen LogP) is 2.68. The van der Waals surface area contributed by atoms with Gasteiger partial charge in [-0.05, 0) is 36.4 Å². The van der Waals surface area contributed by atoms with E-state index < -0.39 is 23.8 Å². The van der Waals surface area contributed by atoms with E-state index in [1.54, 1.807) is 41.1 Å². The molecule has 14 heteroatoms. The van der Waals surface area contributed by atoms with E-state index in [0.717, 1.165) is 10.9 Å². The molecule has 202 valence electrons. The molecule has 5 rings (SSSR count).